The van der Waals surface area contributed by atoms with E-state index in [1.54, 1.807) is 24.4 Å². The molecule has 0 aliphatic heterocycles. The van der Waals surface area contributed by atoms with E-state index in [1.807, 2.05) is 111 Å². The van der Waals surface area contributed by atoms with Gasteiger partial charge < -0.3 is 9.30 Å². The topological polar surface area (TPSA) is 40.8 Å². The zero-order chi connectivity index (χ0) is 65.0. The van der Waals surface area contributed by atoms with Crippen LogP contribution in [-0.2, 0) is 16.2 Å². The van der Waals surface area contributed by atoms with Crippen LogP contribution >= 0.6 is 0 Å². The van der Waals surface area contributed by atoms with Gasteiger partial charge in [-0.05, 0) is 104 Å². The molecular formula is C72H63N5O. The number of aromatic nitrogens is 5. The van der Waals surface area contributed by atoms with Gasteiger partial charge in [0, 0.05) is 39.9 Å². The molecule has 9 aromatic carbocycles. The summed E-state index contributed by atoms with van der Waals surface area (Å²) in [5.41, 5.74) is 8.49. The van der Waals surface area contributed by atoms with Gasteiger partial charge >= 0.3 is 0 Å². The third-order valence-corrected chi connectivity index (χ3v) is 14.7. The third kappa shape index (κ3) is 8.35. The molecule has 0 radical (unpaired) electrons. The Morgan fingerprint density at radius 3 is 1.78 bits per heavy atom. The van der Waals surface area contributed by atoms with Gasteiger partial charge in [-0.2, -0.15) is 0 Å². The highest BCUT2D eigenvalue weighted by molar-refractivity contribution is 6.16. The van der Waals surface area contributed by atoms with E-state index in [9.17, 15) is 8.22 Å². The summed E-state index contributed by atoms with van der Waals surface area (Å²) < 4.78 is 133. The Morgan fingerprint density at radius 2 is 1.09 bits per heavy atom. The molecule has 0 atom stereocenters. The average Bonchev–Trinajstić information content (AvgIpc) is 1.57. The van der Waals surface area contributed by atoms with Crippen molar-refractivity contribution in [1.29, 1.82) is 0 Å². The summed E-state index contributed by atoms with van der Waals surface area (Å²) in [7, 11) is 0. The molecule has 0 N–H and O–H groups in total. The maximum Gasteiger partial charge on any atom is 0.269 e. The first-order chi connectivity index (χ1) is 43.0. The summed E-state index contributed by atoms with van der Waals surface area (Å²) >= 11 is 0. The van der Waals surface area contributed by atoms with E-state index >= 15 is 0 Å². The molecule has 0 spiro atoms. The Kier molecular flexibility index (Phi) is 8.49. The summed E-state index contributed by atoms with van der Waals surface area (Å²) in [6.07, 6.45) is 5.43. The minimum atomic E-state index is -0.551. The molecule has 13 rings (SSSR count). The van der Waals surface area contributed by atoms with Gasteiger partial charge in [0.25, 0.3) is 6.33 Å². The number of benzene rings is 9. The standard InChI is InChI=1S/C72H63N5O/c1-70(2,3)49-37-38-73-67(42-49)77-62-34-18-15-29-59(62)68-65(76-60-32-16-13-27-57(60)58-28-14-17-33-61(58)76)44-54(45-66(68)77)78-53-26-21-25-52(43-53)74-46-75(64-36-20-19-35-63(64)74)69-55(47-23-11-10-12-24-47)30-22-31-56(69)48-39-50(71(4,5)6)41-51(40-48)72(7,8)9/h10-45H,1-9H3/i10D,11D,12D,13D,14D,16D,17D,23D,24D,27D,28D,32D,33D. The Morgan fingerprint density at radius 1 is 0.474 bits per heavy atom. The van der Waals surface area contributed by atoms with Crippen molar-refractivity contribution in [2.45, 2.75) is 78.6 Å². The molecule has 4 aromatic heterocycles. The molecule has 0 aliphatic rings. The van der Waals surface area contributed by atoms with Crippen molar-refractivity contribution in [2.24, 2.45) is 0 Å². The van der Waals surface area contributed by atoms with Gasteiger partial charge in [-0.25, -0.2) is 4.98 Å². The summed E-state index contributed by atoms with van der Waals surface area (Å²) in [6.45, 7) is 19.4. The smallest absolute Gasteiger partial charge is 0.269 e. The van der Waals surface area contributed by atoms with E-state index in [4.69, 9.17) is 19.3 Å². The number of hydrogen-bond donors (Lipinski definition) is 0. The van der Waals surface area contributed by atoms with Crippen molar-refractivity contribution in [2.75, 3.05) is 0 Å². The lowest BCUT2D eigenvalue weighted by molar-refractivity contribution is -0.571. The summed E-state index contributed by atoms with van der Waals surface area (Å²) in [5.74, 6) is 1.19. The highest BCUT2D eigenvalue weighted by Gasteiger charge is 2.27. The van der Waals surface area contributed by atoms with Gasteiger partial charge in [0.15, 0.2) is 0 Å². The Hall–Kier alpha value is -9.00. The van der Waals surface area contributed by atoms with E-state index in [0.717, 1.165) is 38.7 Å². The maximum atomic E-state index is 9.54. The number of nitrogens with zero attached hydrogens (tertiary/aromatic N) is 5. The summed E-state index contributed by atoms with van der Waals surface area (Å²) in [5, 5.41) is 1.18. The second-order valence-electron chi connectivity index (χ2n) is 23.0. The van der Waals surface area contributed by atoms with Crippen LogP contribution in [0, 0.1) is 6.33 Å². The highest BCUT2D eigenvalue weighted by atomic mass is 16.5. The quantitative estimate of drug-likeness (QED) is 0.112. The van der Waals surface area contributed by atoms with Crippen LogP contribution in [0.15, 0.2) is 218 Å². The normalized spacial score (nSPS) is 14.8. The van der Waals surface area contributed by atoms with E-state index in [1.165, 1.54) is 4.57 Å². The van der Waals surface area contributed by atoms with E-state index in [-0.39, 0.29) is 61.4 Å². The van der Waals surface area contributed by atoms with Crippen LogP contribution in [0.2, 0.25) is 0 Å². The fourth-order valence-corrected chi connectivity index (χ4v) is 10.7. The molecule has 78 heavy (non-hydrogen) atoms. The zero-order valence-electron chi connectivity index (χ0n) is 57.9. The molecule has 13 aromatic rings. The maximum absolute atomic E-state index is 9.54. The molecule has 0 fully saturated rings. The number of hydrogen-bond acceptors (Lipinski definition) is 2. The average molecular weight is 1030 g/mol. The fourth-order valence-electron chi connectivity index (χ4n) is 10.7. The van der Waals surface area contributed by atoms with Gasteiger partial charge in [0.2, 0.25) is 0 Å². The van der Waals surface area contributed by atoms with Crippen LogP contribution in [0.4, 0.5) is 0 Å². The third-order valence-electron chi connectivity index (χ3n) is 14.7. The Bertz CT molecular complexity index is 5130. The lowest BCUT2D eigenvalue weighted by Crippen LogP contribution is -2.31. The molecule has 0 saturated carbocycles. The lowest BCUT2D eigenvalue weighted by Gasteiger charge is -2.27. The van der Waals surface area contributed by atoms with Crippen LogP contribution in [-0.4, -0.2) is 18.7 Å². The second kappa shape index (κ2) is 18.3. The van der Waals surface area contributed by atoms with Gasteiger partial charge in [0.05, 0.1) is 68.0 Å². The van der Waals surface area contributed by atoms with Crippen LogP contribution in [0.25, 0.3) is 99.8 Å². The minimum absolute atomic E-state index is 0.0358. The van der Waals surface area contributed by atoms with Gasteiger partial charge in [-0.1, -0.05) is 214 Å². The molecule has 382 valence electrons. The Balaban J connectivity index is 1.07. The van der Waals surface area contributed by atoms with Gasteiger partial charge in [0.1, 0.15) is 17.3 Å². The number of rotatable bonds is 8. The van der Waals surface area contributed by atoms with Crippen molar-refractivity contribution in [3.05, 3.63) is 241 Å². The van der Waals surface area contributed by atoms with Crippen molar-refractivity contribution >= 4 is 54.6 Å². The van der Waals surface area contributed by atoms with Gasteiger partial charge in [-0.3, -0.25) is 13.7 Å². The molecule has 0 aliphatic carbocycles. The molecule has 0 bridgehead atoms. The van der Waals surface area contributed by atoms with E-state index in [0.29, 0.717) is 56.1 Å². The zero-order valence-corrected chi connectivity index (χ0v) is 44.9. The predicted octanol–water partition coefficient (Wildman–Crippen LogP) is 18.3. The summed E-state index contributed by atoms with van der Waals surface area (Å²) in [4.78, 5) is 4.94. The number of fused-ring (bicyclic) bond motifs is 7. The second-order valence-corrected chi connectivity index (χ2v) is 23.0. The first-order valence-corrected chi connectivity index (χ1v) is 26.1. The van der Waals surface area contributed by atoms with Crippen molar-refractivity contribution in [3.8, 4) is 56.6 Å². The van der Waals surface area contributed by atoms with Crippen LogP contribution in [0.1, 0.15) is 96.8 Å². The van der Waals surface area contributed by atoms with Crippen molar-refractivity contribution in [3.63, 3.8) is 0 Å². The lowest BCUT2D eigenvalue weighted by atomic mass is 9.78. The number of para-hydroxylation sites is 6. The summed E-state index contributed by atoms with van der Waals surface area (Å²) in [6, 6.07) is 36.6. The van der Waals surface area contributed by atoms with Crippen LogP contribution in [0.5, 0.6) is 11.5 Å². The number of imidazole rings is 1. The number of ether oxygens (including phenoxy) is 1. The molecule has 6 nitrogen and oxygen atoms in total. The number of pyridine rings is 1. The predicted molar refractivity (Wildman–Crippen MR) is 324 cm³/mol. The van der Waals surface area contributed by atoms with E-state index in [2.05, 4.69) is 86.8 Å². The van der Waals surface area contributed by atoms with Crippen molar-refractivity contribution in [1.82, 2.24) is 18.7 Å². The SMILES string of the molecule is [2H]c1c([2H])c([2H])c(-c2cccc(-c3cc(C(C)(C)C)cc(C(C)(C)C)c3)c2-[n+]2[c-]n(-c3cccc(Oc4cc(-n5c6c([2H])c([2H])c([2H])c([2H])c6c6c([2H])c([2H])c([2H])c([2H])c65)c5c6ccccc6n(-c6cc(C(C)(C)C)ccn6)c5c4)c3)c3ccccc32)c([2H])c1[2H]. The first kappa shape index (κ1) is 36.1. The van der Waals surface area contributed by atoms with Crippen LogP contribution in [0.3, 0.4) is 0 Å². The largest absolute Gasteiger partial charge is 0.458 e. The van der Waals surface area contributed by atoms with Crippen LogP contribution < -0.4 is 9.30 Å². The molecule has 0 amide bonds. The van der Waals surface area contributed by atoms with Gasteiger partial charge in [-0.15, -0.1) is 0 Å². The minimum Gasteiger partial charge on any atom is -0.458 e. The van der Waals surface area contributed by atoms with E-state index < -0.39 is 66.5 Å². The monoisotopic (exact) mass is 1030 g/mol. The fraction of sp³-hybridized carbons (Fsp3) is 0.167. The molecule has 6 heteroatoms. The van der Waals surface area contributed by atoms with Crippen molar-refractivity contribution < 1.29 is 27.1 Å². The molecule has 4 heterocycles. The molecular weight excluding hydrogens is 951 g/mol. The first-order valence-electron chi connectivity index (χ1n) is 32.6. The highest BCUT2D eigenvalue weighted by Crippen LogP contribution is 2.44. The Labute approximate surface area is 475 Å². The molecule has 0 unspecified atom stereocenters. The molecule has 0 saturated heterocycles.